The molecule has 2 aromatic rings. The Morgan fingerprint density at radius 2 is 2.19 bits per heavy atom. The van der Waals surface area contributed by atoms with Crippen LogP contribution >= 0.6 is 23.2 Å². The molecule has 1 saturated carbocycles. The Balaban J connectivity index is 1.79. The van der Waals surface area contributed by atoms with Crippen LogP contribution in [-0.2, 0) is 6.61 Å². The third kappa shape index (κ3) is 3.04. The minimum atomic E-state index is -0.157. The van der Waals surface area contributed by atoms with Crippen molar-refractivity contribution in [1.29, 1.82) is 0 Å². The number of carbonyl (C=O) groups is 1. The molecule has 0 atom stereocenters. The molecule has 1 aromatic heterocycles. The summed E-state index contributed by atoms with van der Waals surface area (Å²) in [7, 11) is 0. The molecule has 1 heterocycles. The van der Waals surface area contributed by atoms with Gasteiger partial charge in [-0.05, 0) is 31.9 Å². The maximum absolute atomic E-state index is 11.6. The molecule has 0 radical (unpaired) electrons. The van der Waals surface area contributed by atoms with Gasteiger partial charge in [-0.25, -0.2) is 0 Å². The van der Waals surface area contributed by atoms with E-state index in [1.807, 2.05) is 0 Å². The Hall–Kier alpha value is -1.59. The van der Waals surface area contributed by atoms with Crippen molar-refractivity contribution in [1.82, 2.24) is 10.1 Å². The molecule has 7 heteroatoms. The first-order valence-corrected chi connectivity index (χ1v) is 7.26. The Morgan fingerprint density at radius 1 is 1.43 bits per heavy atom. The molecule has 1 fully saturated rings. The van der Waals surface area contributed by atoms with Crippen LogP contribution in [0.15, 0.2) is 16.7 Å². The van der Waals surface area contributed by atoms with Gasteiger partial charge in [0.25, 0.3) is 0 Å². The third-order valence-electron chi connectivity index (χ3n) is 3.19. The Bertz CT molecular complexity index is 696. The van der Waals surface area contributed by atoms with E-state index in [2.05, 4.69) is 10.1 Å². The predicted molar refractivity (Wildman–Crippen MR) is 77.1 cm³/mol. The zero-order valence-electron chi connectivity index (χ0n) is 11.2. The quantitative estimate of drug-likeness (QED) is 0.776. The summed E-state index contributed by atoms with van der Waals surface area (Å²) >= 11 is 12.1. The summed E-state index contributed by atoms with van der Waals surface area (Å²) in [6.07, 6.45) is 2.16. The fraction of sp³-hybridized carbons (Fsp3) is 0.357. The van der Waals surface area contributed by atoms with Crippen molar-refractivity contribution in [2.45, 2.75) is 32.3 Å². The van der Waals surface area contributed by atoms with Crippen molar-refractivity contribution in [3.8, 4) is 5.75 Å². The number of rotatable bonds is 5. The van der Waals surface area contributed by atoms with Gasteiger partial charge in [0.05, 0.1) is 10.6 Å². The first-order valence-electron chi connectivity index (χ1n) is 6.50. The van der Waals surface area contributed by atoms with Crippen molar-refractivity contribution < 1.29 is 14.1 Å². The van der Waals surface area contributed by atoms with Gasteiger partial charge in [-0.2, -0.15) is 4.98 Å². The molecule has 0 amide bonds. The average Bonchev–Trinajstić information content (AvgIpc) is 3.19. The highest BCUT2D eigenvalue weighted by molar-refractivity contribution is 6.43. The van der Waals surface area contributed by atoms with E-state index in [1.54, 1.807) is 12.1 Å². The van der Waals surface area contributed by atoms with E-state index in [0.717, 1.165) is 12.8 Å². The van der Waals surface area contributed by atoms with E-state index in [9.17, 15) is 4.79 Å². The van der Waals surface area contributed by atoms with Gasteiger partial charge in [-0.1, -0.05) is 28.4 Å². The summed E-state index contributed by atoms with van der Waals surface area (Å²) in [4.78, 5) is 15.9. The van der Waals surface area contributed by atoms with Crippen LogP contribution in [0.3, 0.4) is 0 Å². The minimum absolute atomic E-state index is 0.0660. The Morgan fingerprint density at radius 3 is 2.86 bits per heavy atom. The van der Waals surface area contributed by atoms with Crippen LogP contribution in [-0.4, -0.2) is 15.9 Å². The van der Waals surface area contributed by atoms with Crippen molar-refractivity contribution in [3.05, 3.63) is 39.5 Å². The third-order valence-corrected chi connectivity index (χ3v) is 3.97. The van der Waals surface area contributed by atoms with Crippen molar-refractivity contribution in [3.63, 3.8) is 0 Å². The number of benzene rings is 1. The van der Waals surface area contributed by atoms with Crippen molar-refractivity contribution in [2.24, 2.45) is 0 Å². The number of nitrogens with zero attached hydrogens (tertiary/aromatic N) is 2. The first kappa shape index (κ1) is 14.4. The maximum atomic E-state index is 11.6. The predicted octanol–water partition coefficient (Wildman–Crippen LogP) is 4.04. The molecule has 1 aliphatic rings. The molecule has 5 nitrogen and oxygen atoms in total. The highest BCUT2D eigenvalue weighted by Gasteiger charge is 2.29. The summed E-state index contributed by atoms with van der Waals surface area (Å²) in [6, 6.07) is 3.14. The van der Waals surface area contributed by atoms with Crippen LogP contribution in [0.4, 0.5) is 0 Å². The van der Waals surface area contributed by atoms with Crippen LogP contribution in [0.5, 0.6) is 5.75 Å². The SMILES string of the molecule is CC(=O)c1ccc(Cl)c(Cl)c1OCc1noc(C2CC2)n1. The molecule has 3 rings (SSSR count). The van der Waals surface area contributed by atoms with Gasteiger partial charge in [-0.3, -0.25) is 4.79 Å². The van der Waals surface area contributed by atoms with Gasteiger partial charge in [0.2, 0.25) is 11.7 Å². The lowest BCUT2D eigenvalue weighted by Gasteiger charge is -2.11. The highest BCUT2D eigenvalue weighted by Crippen LogP contribution is 2.39. The lowest BCUT2D eigenvalue weighted by atomic mass is 10.1. The molecule has 0 aliphatic heterocycles. The number of carbonyl (C=O) groups excluding carboxylic acids is 1. The zero-order chi connectivity index (χ0) is 15.0. The zero-order valence-corrected chi connectivity index (χ0v) is 12.7. The van der Waals surface area contributed by atoms with Gasteiger partial charge < -0.3 is 9.26 Å². The topological polar surface area (TPSA) is 65.2 Å². The van der Waals surface area contributed by atoms with E-state index < -0.39 is 0 Å². The van der Waals surface area contributed by atoms with Gasteiger partial charge in [0.15, 0.2) is 18.1 Å². The second-order valence-corrected chi connectivity index (χ2v) is 5.69. The fourth-order valence-electron chi connectivity index (χ4n) is 1.91. The van der Waals surface area contributed by atoms with Crippen LogP contribution in [0, 0.1) is 0 Å². The fourth-order valence-corrected chi connectivity index (χ4v) is 2.28. The molecule has 1 aliphatic carbocycles. The normalized spacial score (nSPS) is 14.2. The van der Waals surface area contributed by atoms with Crippen LogP contribution in [0.25, 0.3) is 0 Å². The summed E-state index contributed by atoms with van der Waals surface area (Å²) in [5.41, 5.74) is 0.371. The van der Waals surface area contributed by atoms with Crippen molar-refractivity contribution >= 4 is 29.0 Å². The van der Waals surface area contributed by atoms with Gasteiger partial charge >= 0.3 is 0 Å². The minimum Gasteiger partial charge on any atom is -0.483 e. The Kier molecular flexibility index (Phi) is 3.87. The number of hydrogen-bond donors (Lipinski definition) is 0. The number of halogens is 2. The molecule has 0 unspecified atom stereocenters. The van der Waals surface area contributed by atoms with Crippen LogP contribution in [0.1, 0.15) is 47.8 Å². The smallest absolute Gasteiger partial charge is 0.229 e. The molecular formula is C14H12Cl2N2O3. The molecule has 110 valence electrons. The summed E-state index contributed by atoms with van der Waals surface area (Å²) < 4.78 is 10.7. The van der Waals surface area contributed by atoms with Crippen LogP contribution in [0.2, 0.25) is 10.0 Å². The highest BCUT2D eigenvalue weighted by atomic mass is 35.5. The average molecular weight is 327 g/mol. The van der Waals surface area contributed by atoms with Gasteiger partial charge in [0.1, 0.15) is 5.02 Å². The van der Waals surface area contributed by atoms with E-state index in [1.165, 1.54) is 6.92 Å². The number of Topliss-reactive ketones (excluding diaryl/α,β-unsaturated/α-hetero) is 1. The van der Waals surface area contributed by atoms with Gasteiger partial charge in [-0.15, -0.1) is 0 Å². The number of ether oxygens (including phenoxy) is 1. The number of hydrogen-bond acceptors (Lipinski definition) is 5. The lowest BCUT2D eigenvalue weighted by Crippen LogP contribution is -2.04. The summed E-state index contributed by atoms with van der Waals surface area (Å²) in [6.45, 7) is 1.50. The Labute approximate surface area is 131 Å². The monoisotopic (exact) mass is 326 g/mol. The second-order valence-electron chi connectivity index (χ2n) is 4.91. The van der Waals surface area contributed by atoms with E-state index >= 15 is 0 Å². The first-order chi connectivity index (χ1) is 10.1. The maximum Gasteiger partial charge on any atom is 0.229 e. The largest absolute Gasteiger partial charge is 0.483 e. The van der Waals surface area contributed by atoms with E-state index in [-0.39, 0.29) is 23.2 Å². The van der Waals surface area contributed by atoms with Crippen molar-refractivity contribution in [2.75, 3.05) is 0 Å². The van der Waals surface area contributed by atoms with Gasteiger partial charge in [0, 0.05) is 5.92 Å². The number of ketones is 1. The second kappa shape index (κ2) is 5.66. The molecule has 0 spiro atoms. The van der Waals surface area contributed by atoms with E-state index in [0.29, 0.717) is 28.2 Å². The van der Waals surface area contributed by atoms with Crippen LogP contribution < -0.4 is 4.74 Å². The molecule has 0 N–H and O–H groups in total. The summed E-state index contributed by atoms with van der Waals surface area (Å²) in [5, 5.41) is 4.37. The lowest BCUT2D eigenvalue weighted by molar-refractivity contribution is 0.101. The molecule has 0 bridgehead atoms. The summed E-state index contributed by atoms with van der Waals surface area (Å²) in [5.74, 6) is 1.53. The molecule has 0 saturated heterocycles. The molecule has 21 heavy (non-hydrogen) atoms. The number of aromatic nitrogens is 2. The molecular weight excluding hydrogens is 315 g/mol. The van der Waals surface area contributed by atoms with E-state index in [4.69, 9.17) is 32.5 Å². The molecule has 1 aromatic carbocycles. The standard InChI is InChI=1S/C14H12Cl2N2O3/c1-7(19)9-4-5-10(15)12(16)13(9)20-6-11-17-14(21-18-11)8-2-3-8/h4-5,8H,2-3,6H2,1H3.